The van der Waals surface area contributed by atoms with E-state index in [-0.39, 0.29) is 5.41 Å². The smallest absolute Gasteiger partial charge is 0.0462 e. The Labute approximate surface area is 303 Å². The van der Waals surface area contributed by atoms with E-state index < -0.39 is 0 Å². The Hall–Kier alpha value is -6.12. The van der Waals surface area contributed by atoms with Gasteiger partial charge in [-0.05, 0) is 113 Å². The zero-order valence-electron chi connectivity index (χ0n) is 29.9. The number of hydrogen-bond donors (Lipinski definition) is 0. The van der Waals surface area contributed by atoms with Gasteiger partial charge in [0.05, 0.1) is 0 Å². The SMILES string of the molecule is Cc1ccc(N(c2ccc(-c3ccc(C=Cc4ccc(N(c5ccccc5)c5ccccc5)cc4)cc3)cc2)c2ccc(C(C)(C)C)cc2)cc1. The molecule has 0 heterocycles. The van der Waals surface area contributed by atoms with Crippen molar-refractivity contribution >= 4 is 46.3 Å². The first kappa shape index (κ1) is 33.4. The largest absolute Gasteiger partial charge is 0.311 e. The van der Waals surface area contributed by atoms with Crippen molar-refractivity contribution in [3.05, 3.63) is 204 Å². The van der Waals surface area contributed by atoms with E-state index in [2.05, 4.69) is 232 Å². The van der Waals surface area contributed by atoms with Gasteiger partial charge in [0.25, 0.3) is 0 Å². The van der Waals surface area contributed by atoms with Gasteiger partial charge in [0.2, 0.25) is 0 Å². The Morgan fingerprint density at radius 1 is 0.353 bits per heavy atom. The summed E-state index contributed by atoms with van der Waals surface area (Å²) in [6.45, 7) is 8.90. The number of aryl methyl sites for hydroxylation is 1. The zero-order chi connectivity index (χ0) is 35.2. The molecule has 250 valence electrons. The van der Waals surface area contributed by atoms with Crippen LogP contribution >= 0.6 is 0 Å². The van der Waals surface area contributed by atoms with E-state index in [9.17, 15) is 0 Å². The van der Waals surface area contributed by atoms with Gasteiger partial charge in [-0.25, -0.2) is 0 Å². The second-order valence-corrected chi connectivity index (χ2v) is 14.1. The molecular weight excluding hydrogens is 617 g/mol. The van der Waals surface area contributed by atoms with Crippen molar-refractivity contribution in [1.29, 1.82) is 0 Å². The Bertz CT molecular complexity index is 2140. The lowest BCUT2D eigenvalue weighted by Gasteiger charge is -2.27. The molecule has 0 aliphatic heterocycles. The van der Waals surface area contributed by atoms with Gasteiger partial charge in [-0.1, -0.05) is 148 Å². The average Bonchev–Trinajstić information content (AvgIpc) is 3.17. The first-order valence-corrected chi connectivity index (χ1v) is 17.7. The molecule has 2 heteroatoms. The standard InChI is InChI=1S/C49H44N2/c1-37-15-29-45(30-16-37)51(48-35-27-42(28-36-48)49(2,3)4)47-33-25-41(26-34-47)40-23-19-38(20-24-40)17-18-39-21-31-46(32-22-39)50(43-11-7-5-8-12-43)44-13-9-6-10-14-44/h5-36H,1-4H3. The van der Waals surface area contributed by atoms with E-state index in [1.54, 1.807) is 0 Å². The van der Waals surface area contributed by atoms with Gasteiger partial charge in [0, 0.05) is 34.1 Å². The molecular formula is C49H44N2. The summed E-state index contributed by atoms with van der Waals surface area (Å²) in [5, 5.41) is 0. The predicted octanol–water partition coefficient (Wildman–Crippen LogP) is 14.1. The Balaban J connectivity index is 1.07. The van der Waals surface area contributed by atoms with Crippen LogP contribution in [-0.2, 0) is 5.41 Å². The highest BCUT2D eigenvalue weighted by molar-refractivity contribution is 5.80. The summed E-state index contributed by atoms with van der Waals surface area (Å²) in [5.74, 6) is 0. The Morgan fingerprint density at radius 3 is 1.08 bits per heavy atom. The molecule has 0 aromatic heterocycles. The molecule has 0 spiro atoms. The van der Waals surface area contributed by atoms with Crippen LogP contribution in [0.25, 0.3) is 23.3 Å². The summed E-state index contributed by atoms with van der Waals surface area (Å²) in [4.78, 5) is 4.61. The molecule has 7 aromatic rings. The van der Waals surface area contributed by atoms with Crippen molar-refractivity contribution in [3.8, 4) is 11.1 Å². The van der Waals surface area contributed by atoms with Gasteiger partial charge in [-0.2, -0.15) is 0 Å². The van der Waals surface area contributed by atoms with Crippen LogP contribution in [0.1, 0.15) is 43.0 Å². The first-order chi connectivity index (χ1) is 24.8. The van der Waals surface area contributed by atoms with E-state index in [1.807, 2.05) is 0 Å². The lowest BCUT2D eigenvalue weighted by atomic mass is 9.87. The second kappa shape index (κ2) is 14.8. The van der Waals surface area contributed by atoms with Gasteiger partial charge in [-0.3, -0.25) is 0 Å². The van der Waals surface area contributed by atoms with Crippen molar-refractivity contribution in [2.75, 3.05) is 9.80 Å². The van der Waals surface area contributed by atoms with Crippen molar-refractivity contribution in [2.45, 2.75) is 33.1 Å². The lowest BCUT2D eigenvalue weighted by Crippen LogP contribution is -2.13. The summed E-state index contributed by atoms with van der Waals surface area (Å²) in [6, 6.07) is 65.2. The fraction of sp³-hybridized carbons (Fsp3) is 0.102. The number of nitrogens with zero attached hydrogens (tertiary/aromatic N) is 2. The summed E-state index contributed by atoms with van der Waals surface area (Å²) >= 11 is 0. The van der Waals surface area contributed by atoms with Gasteiger partial charge in [-0.15, -0.1) is 0 Å². The van der Waals surface area contributed by atoms with Crippen molar-refractivity contribution in [3.63, 3.8) is 0 Å². The van der Waals surface area contributed by atoms with Crippen molar-refractivity contribution < 1.29 is 0 Å². The van der Waals surface area contributed by atoms with Gasteiger partial charge < -0.3 is 9.80 Å². The normalized spacial score (nSPS) is 11.5. The molecule has 0 amide bonds. The van der Waals surface area contributed by atoms with E-state index >= 15 is 0 Å². The molecule has 0 aliphatic rings. The minimum atomic E-state index is 0.111. The highest BCUT2D eigenvalue weighted by Gasteiger charge is 2.17. The van der Waals surface area contributed by atoms with Crippen LogP contribution in [0.15, 0.2) is 182 Å². The maximum Gasteiger partial charge on any atom is 0.0462 e. The van der Waals surface area contributed by atoms with Crippen LogP contribution in [0, 0.1) is 6.92 Å². The molecule has 0 unspecified atom stereocenters. The molecule has 0 atom stereocenters. The third-order valence-electron chi connectivity index (χ3n) is 9.30. The summed E-state index contributed by atoms with van der Waals surface area (Å²) in [5.41, 5.74) is 14.2. The molecule has 0 N–H and O–H groups in total. The summed E-state index contributed by atoms with van der Waals surface area (Å²) < 4.78 is 0. The number of benzene rings is 7. The maximum atomic E-state index is 2.33. The second-order valence-electron chi connectivity index (χ2n) is 14.1. The van der Waals surface area contributed by atoms with Gasteiger partial charge in [0.15, 0.2) is 0 Å². The number of hydrogen-bond acceptors (Lipinski definition) is 2. The van der Waals surface area contributed by atoms with E-state index in [1.165, 1.54) is 27.8 Å². The monoisotopic (exact) mass is 660 g/mol. The average molecular weight is 661 g/mol. The molecule has 0 radical (unpaired) electrons. The summed E-state index contributed by atoms with van der Waals surface area (Å²) in [6.07, 6.45) is 4.36. The van der Waals surface area contributed by atoms with Crippen molar-refractivity contribution in [2.24, 2.45) is 0 Å². The highest BCUT2D eigenvalue weighted by atomic mass is 15.1. The van der Waals surface area contributed by atoms with Gasteiger partial charge in [0.1, 0.15) is 0 Å². The van der Waals surface area contributed by atoms with E-state index in [4.69, 9.17) is 0 Å². The number of para-hydroxylation sites is 2. The van der Waals surface area contributed by atoms with Crippen LogP contribution in [0.3, 0.4) is 0 Å². The fourth-order valence-corrected chi connectivity index (χ4v) is 6.37. The third kappa shape index (κ3) is 7.87. The molecule has 0 fully saturated rings. The molecule has 7 rings (SSSR count). The van der Waals surface area contributed by atoms with Crippen LogP contribution in [0.2, 0.25) is 0 Å². The molecule has 51 heavy (non-hydrogen) atoms. The maximum absolute atomic E-state index is 2.33. The Kier molecular flexibility index (Phi) is 9.67. The van der Waals surface area contributed by atoms with E-state index in [0.29, 0.717) is 0 Å². The summed E-state index contributed by atoms with van der Waals surface area (Å²) in [7, 11) is 0. The van der Waals surface area contributed by atoms with Crippen LogP contribution in [0.5, 0.6) is 0 Å². The van der Waals surface area contributed by atoms with Crippen LogP contribution in [0.4, 0.5) is 34.1 Å². The molecule has 0 saturated carbocycles. The predicted molar refractivity (Wildman–Crippen MR) is 220 cm³/mol. The number of anilines is 6. The molecule has 0 saturated heterocycles. The minimum absolute atomic E-state index is 0.111. The Morgan fingerprint density at radius 2 is 0.667 bits per heavy atom. The minimum Gasteiger partial charge on any atom is -0.311 e. The van der Waals surface area contributed by atoms with Crippen LogP contribution in [-0.4, -0.2) is 0 Å². The molecule has 2 nitrogen and oxygen atoms in total. The zero-order valence-corrected chi connectivity index (χ0v) is 29.9. The molecule has 7 aromatic carbocycles. The lowest BCUT2D eigenvalue weighted by molar-refractivity contribution is 0.590. The van der Waals surface area contributed by atoms with E-state index in [0.717, 1.165) is 39.7 Å². The van der Waals surface area contributed by atoms with Crippen LogP contribution < -0.4 is 9.80 Å². The fourth-order valence-electron chi connectivity index (χ4n) is 6.37. The third-order valence-corrected chi connectivity index (χ3v) is 9.30. The molecule has 0 aliphatic carbocycles. The number of rotatable bonds is 9. The quantitative estimate of drug-likeness (QED) is 0.142. The molecule has 0 bridgehead atoms. The van der Waals surface area contributed by atoms with Gasteiger partial charge >= 0.3 is 0 Å². The highest BCUT2D eigenvalue weighted by Crippen LogP contribution is 2.37. The topological polar surface area (TPSA) is 6.48 Å². The van der Waals surface area contributed by atoms with Crippen molar-refractivity contribution in [1.82, 2.24) is 0 Å². The first-order valence-electron chi connectivity index (χ1n) is 17.7.